The van der Waals surface area contributed by atoms with Crippen molar-refractivity contribution in [2.75, 3.05) is 19.7 Å². The van der Waals surface area contributed by atoms with Crippen molar-refractivity contribution in [1.29, 1.82) is 0 Å². The molecule has 3 aromatic rings. The molecule has 1 unspecified atom stereocenters. The van der Waals surface area contributed by atoms with Crippen molar-refractivity contribution in [2.24, 2.45) is 0 Å². The van der Waals surface area contributed by atoms with Gasteiger partial charge in [-0.2, -0.15) is 0 Å². The Morgan fingerprint density at radius 2 is 2.00 bits per heavy atom. The first-order valence-corrected chi connectivity index (χ1v) is 7.84. The van der Waals surface area contributed by atoms with Gasteiger partial charge in [-0.25, -0.2) is 0 Å². The molecule has 1 fully saturated rings. The largest absolute Gasteiger partial charge is 0.370 e. The molecule has 0 bridgehead atoms. The summed E-state index contributed by atoms with van der Waals surface area (Å²) in [6, 6.07) is 17.9. The first-order valence-electron chi connectivity index (χ1n) is 7.84. The molecule has 1 N–H and O–H groups in total. The number of hydrogen-bond donors (Lipinski definition) is 1. The lowest BCUT2D eigenvalue weighted by Gasteiger charge is -2.33. The number of ether oxygens (including phenoxy) is 1. The molecule has 2 heterocycles. The van der Waals surface area contributed by atoms with E-state index in [0.717, 1.165) is 16.5 Å². The third kappa shape index (κ3) is 2.73. The predicted molar refractivity (Wildman–Crippen MR) is 89.3 cm³/mol. The Morgan fingerprint density at radius 3 is 2.87 bits per heavy atom. The summed E-state index contributed by atoms with van der Waals surface area (Å²) in [5.41, 5.74) is 2.82. The van der Waals surface area contributed by atoms with Crippen molar-refractivity contribution < 1.29 is 9.53 Å². The fourth-order valence-corrected chi connectivity index (χ4v) is 3.07. The van der Waals surface area contributed by atoms with Crippen LogP contribution < -0.4 is 0 Å². The minimum absolute atomic E-state index is 0.0527. The number of morpholine rings is 1. The zero-order chi connectivity index (χ0) is 15.6. The number of carbonyl (C=O) groups is 1. The average Bonchev–Trinajstić information content (AvgIpc) is 3.09. The van der Waals surface area contributed by atoms with Crippen molar-refractivity contribution >= 4 is 16.8 Å². The Morgan fingerprint density at radius 1 is 1.13 bits per heavy atom. The fraction of sp³-hybridized carbons (Fsp3) is 0.211. The van der Waals surface area contributed by atoms with Gasteiger partial charge in [0.2, 0.25) is 0 Å². The van der Waals surface area contributed by atoms with Crippen LogP contribution in [-0.2, 0) is 4.74 Å². The van der Waals surface area contributed by atoms with Crippen LogP contribution in [0.5, 0.6) is 0 Å². The Bertz CT molecular complexity index is 826. The van der Waals surface area contributed by atoms with Crippen molar-refractivity contribution in [3.63, 3.8) is 0 Å². The number of H-pyrrole nitrogens is 1. The maximum atomic E-state index is 12.8. The van der Waals surface area contributed by atoms with Crippen molar-refractivity contribution in [3.05, 3.63) is 71.9 Å². The van der Waals surface area contributed by atoms with Crippen molar-refractivity contribution in [2.45, 2.75) is 6.10 Å². The summed E-state index contributed by atoms with van der Waals surface area (Å²) in [6.07, 6.45) is 1.84. The summed E-state index contributed by atoms with van der Waals surface area (Å²) in [4.78, 5) is 17.8. The Balaban J connectivity index is 1.55. The van der Waals surface area contributed by atoms with E-state index in [0.29, 0.717) is 25.3 Å². The molecule has 4 heteroatoms. The summed E-state index contributed by atoms with van der Waals surface area (Å²) in [7, 11) is 0. The van der Waals surface area contributed by atoms with Gasteiger partial charge in [-0.3, -0.25) is 4.79 Å². The molecule has 4 rings (SSSR count). The van der Waals surface area contributed by atoms with Crippen molar-refractivity contribution in [1.82, 2.24) is 9.88 Å². The lowest BCUT2D eigenvalue weighted by molar-refractivity contribution is -0.0228. The quantitative estimate of drug-likeness (QED) is 0.789. The number of aromatic amines is 1. The number of nitrogens with zero attached hydrogens (tertiary/aromatic N) is 1. The Labute approximate surface area is 134 Å². The zero-order valence-electron chi connectivity index (χ0n) is 12.7. The van der Waals surface area contributed by atoms with Gasteiger partial charge in [0.05, 0.1) is 13.2 Å². The van der Waals surface area contributed by atoms with Gasteiger partial charge >= 0.3 is 0 Å². The summed E-state index contributed by atoms with van der Waals surface area (Å²) < 4.78 is 5.84. The van der Waals surface area contributed by atoms with E-state index in [1.165, 1.54) is 0 Å². The second-order valence-corrected chi connectivity index (χ2v) is 5.80. The zero-order valence-corrected chi connectivity index (χ0v) is 12.7. The molecule has 1 amide bonds. The number of aromatic nitrogens is 1. The van der Waals surface area contributed by atoms with Crippen LogP contribution >= 0.6 is 0 Å². The normalized spacial score (nSPS) is 18.3. The van der Waals surface area contributed by atoms with Gasteiger partial charge < -0.3 is 14.6 Å². The third-order valence-corrected chi connectivity index (χ3v) is 4.33. The molecular formula is C19H18N2O2. The van der Waals surface area contributed by atoms with Gasteiger partial charge in [0.25, 0.3) is 5.91 Å². The second-order valence-electron chi connectivity index (χ2n) is 5.80. The molecular weight excluding hydrogens is 288 g/mol. The summed E-state index contributed by atoms with van der Waals surface area (Å²) >= 11 is 0. The van der Waals surface area contributed by atoms with E-state index in [2.05, 4.69) is 4.98 Å². The smallest absolute Gasteiger partial charge is 0.254 e. The van der Waals surface area contributed by atoms with Crippen LogP contribution in [0.3, 0.4) is 0 Å². The highest BCUT2D eigenvalue weighted by Crippen LogP contribution is 2.24. The molecule has 0 saturated carbocycles. The molecule has 1 aromatic heterocycles. The predicted octanol–water partition coefficient (Wildman–Crippen LogP) is 3.38. The van der Waals surface area contributed by atoms with E-state index in [9.17, 15) is 4.79 Å². The molecule has 0 radical (unpaired) electrons. The molecule has 1 aliphatic rings. The maximum Gasteiger partial charge on any atom is 0.254 e. The van der Waals surface area contributed by atoms with Gasteiger partial charge in [-0.1, -0.05) is 36.4 Å². The molecule has 0 aliphatic carbocycles. The number of fused-ring (bicyclic) bond motifs is 1. The molecule has 0 spiro atoms. The number of rotatable bonds is 2. The average molecular weight is 306 g/mol. The van der Waals surface area contributed by atoms with Crippen LogP contribution in [-0.4, -0.2) is 35.5 Å². The fourth-order valence-electron chi connectivity index (χ4n) is 3.07. The minimum atomic E-state index is -0.0527. The van der Waals surface area contributed by atoms with Crippen LogP contribution in [0.1, 0.15) is 22.0 Å². The number of benzene rings is 2. The highest BCUT2D eigenvalue weighted by Gasteiger charge is 2.26. The first kappa shape index (κ1) is 14.0. The van der Waals surface area contributed by atoms with E-state index in [1.54, 1.807) is 0 Å². The monoisotopic (exact) mass is 306 g/mol. The SMILES string of the molecule is O=C(c1ccc2cc[nH]c2c1)N1CCOC(c2ccccc2)C1. The Kier molecular flexibility index (Phi) is 3.60. The third-order valence-electron chi connectivity index (χ3n) is 4.33. The van der Waals surface area contributed by atoms with Gasteiger partial charge in [0.1, 0.15) is 6.10 Å². The van der Waals surface area contributed by atoms with Crippen LogP contribution in [0.2, 0.25) is 0 Å². The summed E-state index contributed by atoms with van der Waals surface area (Å²) in [6.45, 7) is 1.78. The first-order chi connectivity index (χ1) is 11.3. The molecule has 2 aromatic carbocycles. The maximum absolute atomic E-state index is 12.8. The highest BCUT2D eigenvalue weighted by atomic mass is 16.5. The van der Waals surface area contributed by atoms with E-state index in [-0.39, 0.29) is 12.0 Å². The molecule has 23 heavy (non-hydrogen) atoms. The highest BCUT2D eigenvalue weighted by molar-refractivity contribution is 5.98. The van der Waals surface area contributed by atoms with Crippen LogP contribution in [0, 0.1) is 0 Å². The molecule has 116 valence electrons. The molecule has 1 atom stereocenters. The second kappa shape index (κ2) is 5.89. The lowest BCUT2D eigenvalue weighted by atomic mass is 10.1. The van der Waals surface area contributed by atoms with E-state index in [4.69, 9.17) is 4.74 Å². The van der Waals surface area contributed by atoms with E-state index in [1.807, 2.05) is 65.7 Å². The topological polar surface area (TPSA) is 45.3 Å². The minimum Gasteiger partial charge on any atom is -0.370 e. The van der Waals surface area contributed by atoms with Crippen molar-refractivity contribution in [3.8, 4) is 0 Å². The molecule has 4 nitrogen and oxygen atoms in total. The van der Waals surface area contributed by atoms with Gasteiger partial charge in [-0.15, -0.1) is 0 Å². The summed E-state index contributed by atoms with van der Waals surface area (Å²) in [5, 5.41) is 1.12. The molecule has 1 aliphatic heterocycles. The van der Waals surface area contributed by atoms with E-state index >= 15 is 0 Å². The Hall–Kier alpha value is -2.59. The summed E-state index contributed by atoms with van der Waals surface area (Å²) in [5.74, 6) is 0.0609. The van der Waals surface area contributed by atoms with E-state index < -0.39 is 0 Å². The van der Waals surface area contributed by atoms with Crippen LogP contribution in [0.25, 0.3) is 10.9 Å². The van der Waals surface area contributed by atoms with Crippen LogP contribution in [0.15, 0.2) is 60.8 Å². The van der Waals surface area contributed by atoms with Crippen LogP contribution in [0.4, 0.5) is 0 Å². The lowest BCUT2D eigenvalue weighted by Crippen LogP contribution is -2.42. The van der Waals surface area contributed by atoms with Gasteiger partial charge in [0.15, 0.2) is 0 Å². The number of hydrogen-bond acceptors (Lipinski definition) is 2. The number of carbonyl (C=O) groups excluding carboxylic acids is 1. The van der Waals surface area contributed by atoms with Gasteiger partial charge in [0, 0.05) is 23.8 Å². The number of nitrogens with one attached hydrogen (secondary N) is 1. The van der Waals surface area contributed by atoms with Gasteiger partial charge in [-0.05, 0) is 29.1 Å². The standard InChI is InChI=1S/C19H18N2O2/c22-19(16-7-6-14-8-9-20-17(14)12-16)21-10-11-23-18(13-21)15-4-2-1-3-5-15/h1-9,12,18,20H,10-11,13H2. The number of amides is 1. The molecule has 1 saturated heterocycles.